The number of nitrogens with two attached hydrogens (primary N) is 1. The minimum atomic E-state index is -0.554. The number of anilines is 2. The first-order chi connectivity index (χ1) is 13.0. The quantitative estimate of drug-likeness (QED) is 0.402. The van der Waals surface area contributed by atoms with Crippen LogP contribution in [0.15, 0.2) is 47.6 Å². The van der Waals surface area contributed by atoms with E-state index in [1.54, 1.807) is 0 Å². The zero-order chi connectivity index (χ0) is 19.2. The Morgan fingerprint density at radius 3 is 2.78 bits per heavy atom. The van der Waals surface area contributed by atoms with Gasteiger partial charge in [0.1, 0.15) is 11.6 Å². The van der Waals surface area contributed by atoms with Crippen LogP contribution in [0.5, 0.6) is 0 Å². The van der Waals surface area contributed by atoms with E-state index in [4.69, 9.17) is 5.73 Å². The van der Waals surface area contributed by atoms with Crippen molar-refractivity contribution in [2.75, 3.05) is 23.3 Å². The van der Waals surface area contributed by atoms with Crippen LogP contribution < -0.4 is 21.4 Å². The summed E-state index contributed by atoms with van der Waals surface area (Å²) >= 11 is 4.61. The van der Waals surface area contributed by atoms with Crippen LogP contribution in [-0.2, 0) is 0 Å². The summed E-state index contributed by atoms with van der Waals surface area (Å²) in [6, 6.07) is 12.3. The SMILES string of the molecule is NC(=S)NN=Cc1cc(F)c(N2CCC[C@H]2CNc2ccccc2)cc1F. The Bertz CT molecular complexity index is 828. The summed E-state index contributed by atoms with van der Waals surface area (Å²) in [5.41, 5.74) is 8.87. The van der Waals surface area contributed by atoms with Crippen LogP contribution in [0.3, 0.4) is 0 Å². The molecular weight excluding hydrogens is 368 g/mol. The van der Waals surface area contributed by atoms with E-state index in [0.717, 1.165) is 30.8 Å². The van der Waals surface area contributed by atoms with Gasteiger partial charge in [-0.25, -0.2) is 8.78 Å². The summed E-state index contributed by atoms with van der Waals surface area (Å²) in [7, 11) is 0. The van der Waals surface area contributed by atoms with Crippen molar-refractivity contribution in [3.8, 4) is 0 Å². The minimum Gasteiger partial charge on any atom is -0.383 e. The van der Waals surface area contributed by atoms with Crippen molar-refractivity contribution in [3.05, 3.63) is 59.7 Å². The Balaban J connectivity index is 1.73. The average Bonchev–Trinajstić information content (AvgIpc) is 3.11. The monoisotopic (exact) mass is 389 g/mol. The molecule has 0 aliphatic carbocycles. The van der Waals surface area contributed by atoms with E-state index >= 15 is 0 Å². The van der Waals surface area contributed by atoms with Gasteiger partial charge < -0.3 is 16.0 Å². The van der Waals surface area contributed by atoms with Gasteiger partial charge in [0, 0.05) is 36.4 Å². The maximum Gasteiger partial charge on any atom is 0.184 e. The van der Waals surface area contributed by atoms with Gasteiger partial charge in [-0.05, 0) is 43.3 Å². The lowest BCUT2D eigenvalue weighted by Gasteiger charge is -2.28. The molecule has 1 atom stereocenters. The van der Waals surface area contributed by atoms with Crippen molar-refractivity contribution in [1.82, 2.24) is 5.43 Å². The molecule has 0 aromatic heterocycles. The number of nitrogens with zero attached hydrogens (tertiary/aromatic N) is 2. The summed E-state index contributed by atoms with van der Waals surface area (Å²) in [4.78, 5) is 1.92. The zero-order valence-corrected chi connectivity index (χ0v) is 15.5. The highest BCUT2D eigenvalue weighted by molar-refractivity contribution is 7.80. The van der Waals surface area contributed by atoms with Crippen LogP contribution in [0.4, 0.5) is 20.2 Å². The van der Waals surface area contributed by atoms with Gasteiger partial charge in [0.25, 0.3) is 0 Å². The van der Waals surface area contributed by atoms with Gasteiger partial charge in [0.2, 0.25) is 0 Å². The van der Waals surface area contributed by atoms with E-state index in [1.807, 2.05) is 35.2 Å². The van der Waals surface area contributed by atoms with Crippen LogP contribution in [0, 0.1) is 11.6 Å². The van der Waals surface area contributed by atoms with Crippen LogP contribution in [0.25, 0.3) is 0 Å². The molecule has 2 aromatic carbocycles. The van der Waals surface area contributed by atoms with Gasteiger partial charge >= 0.3 is 0 Å². The van der Waals surface area contributed by atoms with E-state index in [9.17, 15) is 8.78 Å². The Kier molecular flexibility index (Phi) is 6.18. The number of halogens is 2. The molecule has 27 heavy (non-hydrogen) atoms. The van der Waals surface area contributed by atoms with Gasteiger partial charge in [-0.2, -0.15) is 5.10 Å². The number of rotatable bonds is 6. The molecule has 5 nitrogen and oxygen atoms in total. The fourth-order valence-corrected chi connectivity index (χ4v) is 3.25. The lowest BCUT2D eigenvalue weighted by atomic mass is 10.1. The normalized spacial score (nSPS) is 16.7. The predicted octanol–water partition coefficient (Wildman–Crippen LogP) is 3.21. The van der Waals surface area contributed by atoms with Crippen LogP contribution >= 0.6 is 12.2 Å². The third kappa shape index (κ3) is 4.91. The molecule has 1 fully saturated rings. The molecule has 1 saturated heterocycles. The molecule has 0 amide bonds. The van der Waals surface area contributed by atoms with Crippen molar-refractivity contribution in [2.45, 2.75) is 18.9 Å². The third-order valence-electron chi connectivity index (χ3n) is 4.45. The number of thiocarbonyl (C=S) groups is 1. The molecule has 2 aromatic rings. The molecule has 0 bridgehead atoms. The lowest BCUT2D eigenvalue weighted by molar-refractivity contribution is 0.586. The highest BCUT2D eigenvalue weighted by atomic mass is 32.1. The first-order valence-electron chi connectivity index (χ1n) is 8.67. The summed E-state index contributed by atoms with van der Waals surface area (Å²) in [5.74, 6) is -1.04. The second kappa shape index (κ2) is 8.77. The molecule has 3 rings (SSSR count). The van der Waals surface area contributed by atoms with E-state index in [0.29, 0.717) is 13.1 Å². The van der Waals surface area contributed by atoms with Crippen LogP contribution in [-0.4, -0.2) is 30.5 Å². The number of hydrogen-bond acceptors (Lipinski definition) is 4. The topological polar surface area (TPSA) is 65.7 Å². The lowest BCUT2D eigenvalue weighted by Crippen LogP contribution is -2.35. The molecule has 4 N–H and O–H groups in total. The molecule has 0 unspecified atom stereocenters. The Morgan fingerprint density at radius 2 is 2.04 bits per heavy atom. The van der Waals surface area contributed by atoms with E-state index in [2.05, 4.69) is 28.1 Å². The third-order valence-corrected chi connectivity index (χ3v) is 4.54. The summed E-state index contributed by atoms with van der Waals surface area (Å²) in [5, 5.41) is 6.99. The predicted molar refractivity (Wildman–Crippen MR) is 109 cm³/mol. The van der Waals surface area contributed by atoms with Crippen molar-refractivity contribution < 1.29 is 8.78 Å². The molecule has 0 saturated carbocycles. The van der Waals surface area contributed by atoms with Gasteiger partial charge in [0.05, 0.1) is 11.9 Å². The van der Waals surface area contributed by atoms with Gasteiger partial charge in [-0.15, -0.1) is 0 Å². The molecule has 8 heteroatoms. The fourth-order valence-electron chi connectivity index (χ4n) is 3.19. The number of hydrogen-bond donors (Lipinski definition) is 3. The van der Waals surface area contributed by atoms with Crippen LogP contribution in [0.2, 0.25) is 0 Å². The Hall–Kier alpha value is -2.74. The second-order valence-corrected chi connectivity index (χ2v) is 6.74. The van der Waals surface area contributed by atoms with E-state index < -0.39 is 11.6 Å². The van der Waals surface area contributed by atoms with E-state index in [-0.39, 0.29) is 22.4 Å². The van der Waals surface area contributed by atoms with Gasteiger partial charge in [-0.3, -0.25) is 5.43 Å². The number of nitrogens with one attached hydrogen (secondary N) is 2. The van der Waals surface area contributed by atoms with Crippen molar-refractivity contribution in [1.29, 1.82) is 0 Å². The van der Waals surface area contributed by atoms with Gasteiger partial charge in [-0.1, -0.05) is 18.2 Å². The largest absolute Gasteiger partial charge is 0.383 e. The molecule has 0 spiro atoms. The van der Waals surface area contributed by atoms with Gasteiger partial charge in [0.15, 0.2) is 5.11 Å². The Labute approximate surface area is 162 Å². The molecule has 1 aliphatic rings. The molecule has 142 valence electrons. The smallest absolute Gasteiger partial charge is 0.184 e. The zero-order valence-electron chi connectivity index (χ0n) is 14.7. The average molecular weight is 389 g/mol. The summed E-state index contributed by atoms with van der Waals surface area (Å²) in [6.07, 6.45) is 3.00. The molecule has 0 radical (unpaired) electrons. The minimum absolute atomic E-state index is 0.0261. The van der Waals surface area contributed by atoms with Crippen LogP contribution in [0.1, 0.15) is 18.4 Å². The fraction of sp³-hybridized carbons (Fsp3) is 0.263. The standard InChI is InChI=1S/C19H21F2N5S/c20-16-10-18(17(21)9-13(16)11-24-25-19(22)27)26-8-4-7-15(26)12-23-14-5-2-1-3-6-14/h1-3,5-6,9-11,15,23H,4,7-8,12H2,(H3,22,25,27)/t15-/m0/s1. The molecular formula is C19H21F2N5S. The number of benzene rings is 2. The maximum atomic E-state index is 14.6. The summed E-state index contributed by atoms with van der Waals surface area (Å²) < 4.78 is 29.0. The maximum absolute atomic E-state index is 14.6. The first kappa shape index (κ1) is 19.0. The van der Waals surface area contributed by atoms with Crippen molar-refractivity contribution in [3.63, 3.8) is 0 Å². The van der Waals surface area contributed by atoms with Crippen molar-refractivity contribution >= 4 is 34.9 Å². The first-order valence-corrected chi connectivity index (χ1v) is 9.08. The second-order valence-electron chi connectivity index (χ2n) is 6.30. The summed E-state index contributed by atoms with van der Waals surface area (Å²) in [6.45, 7) is 1.35. The molecule has 1 aliphatic heterocycles. The highest BCUT2D eigenvalue weighted by Gasteiger charge is 2.27. The Morgan fingerprint density at radius 1 is 1.26 bits per heavy atom. The number of para-hydroxylation sites is 1. The van der Waals surface area contributed by atoms with Crippen molar-refractivity contribution in [2.24, 2.45) is 10.8 Å². The van der Waals surface area contributed by atoms with E-state index in [1.165, 1.54) is 6.07 Å². The molecule has 1 heterocycles. The number of hydrazone groups is 1. The highest BCUT2D eigenvalue weighted by Crippen LogP contribution is 2.30.